The minimum absolute atomic E-state index is 0.00810. The molecule has 13 heteroatoms. The molecular formula is C18H18N4O9. The molecule has 0 atom stereocenters. The molecule has 2 aromatic rings. The molecule has 164 valence electrons. The van der Waals surface area contributed by atoms with Crippen LogP contribution < -0.4 is 11.1 Å². The smallest absolute Gasteiger partial charge is 0.336 e. The molecular weight excluding hydrogens is 416 g/mol. The third-order valence-electron chi connectivity index (χ3n) is 3.96. The summed E-state index contributed by atoms with van der Waals surface area (Å²) in [6.07, 6.45) is 0. The zero-order valence-corrected chi connectivity index (χ0v) is 16.5. The molecule has 5 N–H and O–H groups in total. The first kappa shape index (κ1) is 24.5. The predicted molar refractivity (Wildman–Crippen MR) is 108 cm³/mol. The largest absolute Gasteiger partial charge is 0.478 e. The molecule has 0 aliphatic heterocycles. The molecule has 2 aromatic carbocycles. The van der Waals surface area contributed by atoms with Crippen LogP contribution >= 0.6 is 0 Å². The average molecular weight is 434 g/mol. The molecule has 0 bridgehead atoms. The Bertz CT molecular complexity index is 1060. The van der Waals surface area contributed by atoms with E-state index in [4.69, 9.17) is 15.9 Å². The van der Waals surface area contributed by atoms with E-state index in [9.17, 15) is 34.6 Å². The van der Waals surface area contributed by atoms with Gasteiger partial charge in [-0.05, 0) is 37.6 Å². The van der Waals surface area contributed by atoms with E-state index in [1.807, 2.05) is 0 Å². The number of nitrogens with two attached hydrogens (primary N) is 1. The van der Waals surface area contributed by atoms with Gasteiger partial charge in [-0.15, -0.1) is 0 Å². The van der Waals surface area contributed by atoms with Gasteiger partial charge in [0.2, 0.25) is 5.91 Å². The number of carbonyl (C=O) groups is 3. The van der Waals surface area contributed by atoms with Gasteiger partial charge < -0.3 is 21.3 Å². The van der Waals surface area contributed by atoms with Crippen molar-refractivity contribution < 1.29 is 34.4 Å². The van der Waals surface area contributed by atoms with Crippen molar-refractivity contribution in [2.45, 2.75) is 20.8 Å². The fourth-order valence-corrected chi connectivity index (χ4v) is 2.57. The summed E-state index contributed by atoms with van der Waals surface area (Å²) in [5, 5.41) is 41.1. The SMILES string of the molecule is CC(=O)Nc1ccc(C(=O)O)c(C)c1[N+](=O)[O-].Cc1cc(N)c([N+](=O)[O-])cc1C(=O)O. The highest BCUT2D eigenvalue weighted by atomic mass is 16.6. The molecule has 0 aliphatic rings. The molecule has 0 saturated heterocycles. The van der Waals surface area contributed by atoms with Crippen molar-refractivity contribution in [2.75, 3.05) is 11.1 Å². The summed E-state index contributed by atoms with van der Waals surface area (Å²) < 4.78 is 0. The Hall–Kier alpha value is -4.55. The average Bonchev–Trinajstić information content (AvgIpc) is 2.60. The first-order valence-corrected chi connectivity index (χ1v) is 8.34. The van der Waals surface area contributed by atoms with Crippen LogP contribution in [-0.2, 0) is 4.79 Å². The van der Waals surface area contributed by atoms with E-state index in [2.05, 4.69) is 5.32 Å². The number of nitro groups is 2. The normalized spacial score (nSPS) is 9.77. The van der Waals surface area contributed by atoms with Gasteiger partial charge in [0.05, 0.1) is 21.0 Å². The van der Waals surface area contributed by atoms with Gasteiger partial charge in [-0.1, -0.05) is 0 Å². The van der Waals surface area contributed by atoms with E-state index >= 15 is 0 Å². The number of aromatic carboxylic acids is 2. The predicted octanol–water partition coefficient (Wildman–Crippen LogP) is 2.74. The lowest BCUT2D eigenvalue weighted by Gasteiger charge is -2.07. The maximum atomic E-state index is 10.9. The number of nitrogens with one attached hydrogen (secondary N) is 1. The number of aryl methyl sites for hydroxylation is 1. The van der Waals surface area contributed by atoms with Crippen LogP contribution in [0.3, 0.4) is 0 Å². The summed E-state index contributed by atoms with van der Waals surface area (Å²) in [6.45, 7) is 4.07. The van der Waals surface area contributed by atoms with Crippen molar-refractivity contribution in [1.29, 1.82) is 0 Å². The minimum atomic E-state index is -1.25. The minimum Gasteiger partial charge on any atom is -0.478 e. The van der Waals surface area contributed by atoms with Crippen molar-refractivity contribution in [1.82, 2.24) is 0 Å². The quantitative estimate of drug-likeness (QED) is 0.306. The van der Waals surface area contributed by atoms with Gasteiger partial charge in [0.1, 0.15) is 11.4 Å². The van der Waals surface area contributed by atoms with Gasteiger partial charge >= 0.3 is 11.9 Å². The lowest BCUT2D eigenvalue weighted by atomic mass is 10.1. The molecule has 0 radical (unpaired) electrons. The molecule has 0 fully saturated rings. The molecule has 0 unspecified atom stereocenters. The summed E-state index contributed by atoms with van der Waals surface area (Å²) in [6, 6.07) is 4.67. The van der Waals surface area contributed by atoms with Crippen LogP contribution in [-0.4, -0.2) is 37.9 Å². The summed E-state index contributed by atoms with van der Waals surface area (Å²) >= 11 is 0. The van der Waals surface area contributed by atoms with E-state index in [1.54, 1.807) is 0 Å². The molecule has 1 amide bonds. The lowest BCUT2D eigenvalue weighted by molar-refractivity contribution is -0.384. The molecule has 31 heavy (non-hydrogen) atoms. The monoisotopic (exact) mass is 434 g/mol. The number of anilines is 2. The van der Waals surface area contributed by atoms with Crippen LogP contribution in [0.25, 0.3) is 0 Å². The van der Waals surface area contributed by atoms with Crippen molar-refractivity contribution in [3.63, 3.8) is 0 Å². The number of amides is 1. The topological polar surface area (TPSA) is 216 Å². The third kappa shape index (κ3) is 5.96. The lowest BCUT2D eigenvalue weighted by Crippen LogP contribution is -2.11. The van der Waals surface area contributed by atoms with E-state index < -0.39 is 33.4 Å². The Morgan fingerprint density at radius 3 is 1.94 bits per heavy atom. The number of hydrogen-bond donors (Lipinski definition) is 4. The molecule has 0 saturated carbocycles. The number of benzene rings is 2. The Morgan fingerprint density at radius 2 is 1.52 bits per heavy atom. The molecule has 2 rings (SSSR count). The van der Waals surface area contributed by atoms with Crippen molar-refractivity contribution in [3.8, 4) is 0 Å². The van der Waals surface area contributed by atoms with Crippen molar-refractivity contribution >= 4 is 40.6 Å². The molecule has 13 nitrogen and oxygen atoms in total. The molecule has 0 spiro atoms. The fraction of sp³-hybridized carbons (Fsp3) is 0.167. The Labute approximate surface area is 174 Å². The molecule has 0 aliphatic carbocycles. The van der Waals surface area contributed by atoms with Gasteiger partial charge in [-0.25, -0.2) is 9.59 Å². The zero-order valence-electron chi connectivity index (χ0n) is 16.5. The Balaban J connectivity index is 0.000000316. The number of hydrogen-bond acceptors (Lipinski definition) is 8. The van der Waals surface area contributed by atoms with Gasteiger partial charge in [0.15, 0.2) is 0 Å². The fourth-order valence-electron chi connectivity index (χ4n) is 2.57. The second kappa shape index (κ2) is 9.78. The van der Waals surface area contributed by atoms with Gasteiger partial charge in [-0.3, -0.25) is 25.0 Å². The van der Waals surface area contributed by atoms with Gasteiger partial charge in [0.25, 0.3) is 11.4 Å². The highest BCUT2D eigenvalue weighted by Crippen LogP contribution is 2.30. The van der Waals surface area contributed by atoms with E-state index in [-0.39, 0.29) is 33.8 Å². The first-order chi connectivity index (χ1) is 14.3. The van der Waals surface area contributed by atoms with Gasteiger partial charge in [-0.2, -0.15) is 0 Å². The van der Waals surface area contributed by atoms with Gasteiger partial charge in [0, 0.05) is 18.6 Å². The first-order valence-electron chi connectivity index (χ1n) is 8.34. The van der Waals surface area contributed by atoms with Crippen LogP contribution in [0.4, 0.5) is 22.7 Å². The van der Waals surface area contributed by atoms with Crippen LogP contribution in [0.1, 0.15) is 38.8 Å². The summed E-state index contributed by atoms with van der Waals surface area (Å²) in [5.74, 6) is -2.92. The second-order valence-electron chi connectivity index (χ2n) is 6.17. The number of nitro benzene ring substituents is 2. The van der Waals surface area contributed by atoms with E-state index in [0.717, 1.165) is 6.07 Å². The zero-order chi connectivity index (χ0) is 24.0. The van der Waals surface area contributed by atoms with Crippen LogP contribution in [0.5, 0.6) is 0 Å². The van der Waals surface area contributed by atoms with E-state index in [0.29, 0.717) is 5.56 Å². The van der Waals surface area contributed by atoms with Crippen LogP contribution in [0.15, 0.2) is 24.3 Å². The summed E-state index contributed by atoms with van der Waals surface area (Å²) in [7, 11) is 0. The Kier molecular flexibility index (Phi) is 7.72. The highest BCUT2D eigenvalue weighted by molar-refractivity contribution is 5.96. The number of carboxylic acid groups (broad SMARTS) is 2. The maximum absolute atomic E-state index is 10.9. The number of carbonyl (C=O) groups excluding carboxylic acids is 1. The maximum Gasteiger partial charge on any atom is 0.336 e. The van der Waals surface area contributed by atoms with Crippen molar-refractivity contribution in [3.05, 3.63) is 66.7 Å². The number of rotatable bonds is 5. The summed E-state index contributed by atoms with van der Waals surface area (Å²) in [5.41, 5.74) is 4.68. The second-order valence-corrected chi connectivity index (χ2v) is 6.17. The number of nitrogen functional groups attached to an aromatic ring is 1. The summed E-state index contributed by atoms with van der Waals surface area (Å²) in [4.78, 5) is 52.2. The van der Waals surface area contributed by atoms with Crippen LogP contribution in [0.2, 0.25) is 0 Å². The molecule has 0 aromatic heterocycles. The number of carboxylic acids is 2. The van der Waals surface area contributed by atoms with Crippen molar-refractivity contribution in [2.24, 2.45) is 0 Å². The number of nitrogens with zero attached hydrogens (tertiary/aromatic N) is 2. The molecule has 0 heterocycles. The highest BCUT2D eigenvalue weighted by Gasteiger charge is 2.23. The third-order valence-corrected chi connectivity index (χ3v) is 3.96. The van der Waals surface area contributed by atoms with E-state index in [1.165, 1.54) is 39.0 Å². The standard InChI is InChI=1S/C10H10N2O5.C8H8N2O4/c1-5-7(10(14)15)3-4-8(11-6(2)13)9(5)12(16)17;1-4-2-6(9)7(10(13)14)3-5(4)8(11)12/h3-4H,1-2H3,(H,11,13)(H,14,15);2-3H,9H2,1H3,(H,11,12). The Morgan fingerprint density at radius 1 is 0.968 bits per heavy atom. The van der Waals surface area contributed by atoms with Crippen LogP contribution in [0, 0.1) is 34.1 Å².